The molecule has 0 saturated heterocycles. The van der Waals surface area contributed by atoms with Gasteiger partial charge in [0.25, 0.3) is 0 Å². The van der Waals surface area contributed by atoms with Crippen molar-refractivity contribution in [3.8, 4) is 28.7 Å². The summed E-state index contributed by atoms with van der Waals surface area (Å²) in [6.07, 6.45) is 5.55. The number of carbonyl (C=O) groups is 1. The lowest BCUT2D eigenvalue weighted by atomic mass is 10.0. The molecule has 3 nitrogen and oxygen atoms in total. The van der Waals surface area contributed by atoms with Gasteiger partial charge >= 0.3 is 5.97 Å². The molecule has 0 bridgehead atoms. The third-order valence-electron chi connectivity index (χ3n) is 6.57. The molecule has 1 atom stereocenters. The van der Waals surface area contributed by atoms with E-state index in [2.05, 4.69) is 55.2 Å². The van der Waals surface area contributed by atoms with Crippen LogP contribution >= 0.6 is 0 Å². The van der Waals surface area contributed by atoms with Crippen LogP contribution in [0.4, 0.5) is 0 Å². The van der Waals surface area contributed by atoms with Gasteiger partial charge in [0.15, 0.2) is 0 Å². The van der Waals surface area contributed by atoms with Gasteiger partial charge in [-0.05, 0) is 85.0 Å². The first-order valence-electron chi connectivity index (χ1n) is 13.8. The van der Waals surface area contributed by atoms with Crippen molar-refractivity contribution in [2.45, 2.75) is 58.7 Å². The van der Waals surface area contributed by atoms with Crippen LogP contribution in [0.1, 0.15) is 73.0 Å². The highest BCUT2D eigenvalue weighted by Gasteiger charge is 2.11. The first-order chi connectivity index (χ1) is 19.1. The van der Waals surface area contributed by atoms with Crippen molar-refractivity contribution in [1.82, 2.24) is 0 Å². The molecule has 0 aliphatic heterocycles. The molecule has 0 saturated carbocycles. The van der Waals surface area contributed by atoms with Gasteiger partial charge in [-0.15, -0.1) is 0 Å². The molecule has 0 N–H and O–H groups in total. The maximum absolute atomic E-state index is 12.4. The lowest BCUT2D eigenvalue weighted by Gasteiger charge is -2.13. The highest BCUT2D eigenvalue weighted by atomic mass is 16.5. The number of hydrogen-bond donors (Lipinski definition) is 0. The van der Waals surface area contributed by atoms with E-state index in [1.54, 1.807) is 12.1 Å². The van der Waals surface area contributed by atoms with E-state index in [0.717, 1.165) is 46.4 Å². The summed E-state index contributed by atoms with van der Waals surface area (Å²) >= 11 is 0. The molecule has 0 aliphatic carbocycles. The van der Waals surface area contributed by atoms with Crippen molar-refractivity contribution in [3.05, 3.63) is 125 Å². The van der Waals surface area contributed by atoms with Gasteiger partial charge < -0.3 is 9.47 Å². The Kier molecular flexibility index (Phi) is 10.4. The standard InChI is InChI=1S/C36H36O3/c1-3-4-5-7-10-28(2)39-36(37)34-21-17-30(18-22-34)14-13-29-15-19-32(20-16-29)33-23-25-35(26-24-33)38-27-31-11-8-6-9-12-31/h6,8-9,11-12,15-26,28H,3-5,7,10,27H2,1-2H3. The molecule has 1 unspecified atom stereocenters. The maximum Gasteiger partial charge on any atom is 0.338 e. The molecular weight excluding hydrogens is 480 g/mol. The number of ether oxygens (including phenoxy) is 2. The minimum Gasteiger partial charge on any atom is -0.489 e. The molecule has 0 radical (unpaired) electrons. The van der Waals surface area contributed by atoms with Gasteiger partial charge in [0.05, 0.1) is 11.7 Å². The Balaban J connectivity index is 1.28. The number of hydrogen-bond acceptors (Lipinski definition) is 3. The average molecular weight is 517 g/mol. The molecule has 39 heavy (non-hydrogen) atoms. The zero-order valence-electron chi connectivity index (χ0n) is 22.9. The summed E-state index contributed by atoms with van der Waals surface area (Å²) in [6.45, 7) is 4.71. The molecule has 0 amide bonds. The van der Waals surface area contributed by atoms with Crippen LogP contribution in [0.25, 0.3) is 11.1 Å². The molecule has 4 aromatic rings. The molecule has 0 fully saturated rings. The second kappa shape index (κ2) is 14.6. The summed E-state index contributed by atoms with van der Waals surface area (Å²) < 4.78 is 11.5. The number of esters is 1. The zero-order valence-corrected chi connectivity index (χ0v) is 22.9. The Labute approximate surface area is 232 Å². The van der Waals surface area contributed by atoms with Crippen molar-refractivity contribution < 1.29 is 14.3 Å². The van der Waals surface area contributed by atoms with Crippen molar-refractivity contribution in [1.29, 1.82) is 0 Å². The van der Waals surface area contributed by atoms with Crippen LogP contribution in [0.3, 0.4) is 0 Å². The third-order valence-corrected chi connectivity index (χ3v) is 6.57. The van der Waals surface area contributed by atoms with Gasteiger partial charge in [0.2, 0.25) is 0 Å². The van der Waals surface area contributed by atoms with Gasteiger partial charge in [-0.2, -0.15) is 0 Å². The normalized spacial score (nSPS) is 11.2. The lowest BCUT2D eigenvalue weighted by molar-refractivity contribution is 0.0319. The highest BCUT2D eigenvalue weighted by Crippen LogP contribution is 2.23. The van der Waals surface area contributed by atoms with Crippen LogP contribution < -0.4 is 4.74 Å². The van der Waals surface area contributed by atoms with Crippen LogP contribution in [0.2, 0.25) is 0 Å². The van der Waals surface area contributed by atoms with Crippen molar-refractivity contribution in [2.75, 3.05) is 0 Å². The molecule has 0 spiro atoms. The fourth-order valence-electron chi connectivity index (χ4n) is 4.23. The summed E-state index contributed by atoms with van der Waals surface area (Å²) in [5, 5.41) is 0. The Morgan fingerprint density at radius 1 is 0.718 bits per heavy atom. The third kappa shape index (κ3) is 8.90. The number of unbranched alkanes of at least 4 members (excludes halogenated alkanes) is 3. The predicted octanol–water partition coefficient (Wildman–Crippen LogP) is 8.85. The summed E-state index contributed by atoms with van der Waals surface area (Å²) in [4.78, 5) is 12.4. The van der Waals surface area contributed by atoms with Crippen molar-refractivity contribution in [3.63, 3.8) is 0 Å². The summed E-state index contributed by atoms with van der Waals surface area (Å²) in [5.74, 6) is 6.97. The first kappa shape index (κ1) is 27.7. The van der Waals surface area contributed by atoms with E-state index in [1.165, 1.54) is 19.3 Å². The summed E-state index contributed by atoms with van der Waals surface area (Å²) in [6, 6.07) is 33.8. The Morgan fingerprint density at radius 2 is 1.31 bits per heavy atom. The van der Waals surface area contributed by atoms with E-state index >= 15 is 0 Å². The average Bonchev–Trinajstić information content (AvgIpc) is 2.98. The molecule has 4 aromatic carbocycles. The molecule has 3 heteroatoms. The summed E-state index contributed by atoms with van der Waals surface area (Å²) in [5.41, 5.74) is 5.74. The minimum absolute atomic E-state index is 0.0669. The Morgan fingerprint density at radius 3 is 1.92 bits per heavy atom. The van der Waals surface area contributed by atoms with Crippen LogP contribution in [0.15, 0.2) is 103 Å². The van der Waals surface area contributed by atoms with Crippen LogP contribution in [0, 0.1) is 11.8 Å². The van der Waals surface area contributed by atoms with Crippen LogP contribution in [-0.4, -0.2) is 12.1 Å². The van der Waals surface area contributed by atoms with Crippen LogP contribution in [0.5, 0.6) is 5.75 Å². The number of carbonyl (C=O) groups excluding carboxylic acids is 1. The maximum atomic E-state index is 12.4. The van der Waals surface area contributed by atoms with E-state index in [-0.39, 0.29) is 12.1 Å². The van der Waals surface area contributed by atoms with Gasteiger partial charge in [-0.25, -0.2) is 4.79 Å². The molecule has 0 aromatic heterocycles. The number of rotatable bonds is 11. The van der Waals surface area contributed by atoms with E-state index in [1.807, 2.05) is 61.5 Å². The molecule has 0 heterocycles. The molecule has 4 rings (SSSR count). The smallest absolute Gasteiger partial charge is 0.338 e. The fraction of sp³-hybridized carbons (Fsp3) is 0.250. The van der Waals surface area contributed by atoms with E-state index in [9.17, 15) is 4.79 Å². The first-order valence-corrected chi connectivity index (χ1v) is 13.8. The van der Waals surface area contributed by atoms with E-state index in [0.29, 0.717) is 12.2 Å². The predicted molar refractivity (Wildman–Crippen MR) is 159 cm³/mol. The Bertz CT molecular complexity index is 1360. The fourth-order valence-corrected chi connectivity index (χ4v) is 4.23. The second-order valence-electron chi connectivity index (χ2n) is 9.77. The van der Waals surface area contributed by atoms with Gasteiger partial charge in [-0.3, -0.25) is 0 Å². The zero-order chi connectivity index (χ0) is 27.3. The quantitative estimate of drug-likeness (QED) is 0.113. The molecule has 198 valence electrons. The molecule has 0 aliphatic rings. The van der Waals surface area contributed by atoms with E-state index < -0.39 is 0 Å². The monoisotopic (exact) mass is 516 g/mol. The summed E-state index contributed by atoms with van der Waals surface area (Å²) in [7, 11) is 0. The molecular formula is C36H36O3. The lowest BCUT2D eigenvalue weighted by Crippen LogP contribution is -2.15. The topological polar surface area (TPSA) is 35.5 Å². The Hall–Kier alpha value is -4.29. The number of benzene rings is 4. The largest absolute Gasteiger partial charge is 0.489 e. The van der Waals surface area contributed by atoms with E-state index in [4.69, 9.17) is 9.47 Å². The minimum atomic E-state index is -0.274. The van der Waals surface area contributed by atoms with Crippen LogP contribution in [-0.2, 0) is 11.3 Å². The van der Waals surface area contributed by atoms with Gasteiger partial charge in [0.1, 0.15) is 12.4 Å². The highest BCUT2D eigenvalue weighted by molar-refractivity contribution is 5.89. The second-order valence-corrected chi connectivity index (χ2v) is 9.77. The van der Waals surface area contributed by atoms with Crippen molar-refractivity contribution >= 4 is 5.97 Å². The SMILES string of the molecule is CCCCCCC(C)OC(=O)c1ccc(C#Cc2ccc(-c3ccc(OCc4ccccc4)cc3)cc2)cc1. The van der Waals surface area contributed by atoms with Gasteiger partial charge in [-0.1, -0.05) is 92.6 Å². The van der Waals surface area contributed by atoms with Crippen molar-refractivity contribution in [2.24, 2.45) is 0 Å². The van der Waals surface area contributed by atoms with Gasteiger partial charge in [0, 0.05) is 11.1 Å².